The van der Waals surface area contributed by atoms with E-state index in [1.54, 1.807) is 24.3 Å². The molecule has 4 atom stereocenters. The van der Waals surface area contributed by atoms with Crippen LogP contribution in [0, 0.1) is 11.7 Å². The van der Waals surface area contributed by atoms with Gasteiger partial charge in [-0.15, -0.1) is 0 Å². The average molecular weight is 504 g/mol. The van der Waals surface area contributed by atoms with Crippen molar-refractivity contribution in [3.63, 3.8) is 0 Å². The lowest BCUT2D eigenvalue weighted by atomic mass is 9.73. The number of benzene rings is 2. The van der Waals surface area contributed by atoms with E-state index in [-0.39, 0.29) is 29.6 Å². The lowest BCUT2D eigenvalue weighted by Crippen LogP contribution is -2.53. The summed E-state index contributed by atoms with van der Waals surface area (Å²) in [6, 6.07) is 9.77. The van der Waals surface area contributed by atoms with Crippen molar-refractivity contribution in [2.24, 2.45) is 5.92 Å². The minimum Gasteiger partial charge on any atom is -0.480 e. The molecule has 0 aromatic heterocycles. The summed E-state index contributed by atoms with van der Waals surface area (Å²) in [5.41, 5.74) is 0.545. The summed E-state index contributed by atoms with van der Waals surface area (Å²) in [6.45, 7) is 1.12. The monoisotopic (exact) mass is 503 g/mol. The second kappa shape index (κ2) is 7.92. The van der Waals surface area contributed by atoms with Crippen LogP contribution < -0.4 is 5.32 Å². The molecule has 3 heterocycles. The molecule has 1 amide bonds. The fourth-order valence-corrected chi connectivity index (χ4v) is 6.95. The van der Waals surface area contributed by atoms with Gasteiger partial charge >= 0.3 is 5.97 Å². The van der Waals surface area contributed by atoms with Gasteiger partial charge in [0.05, 0.1) is 11.6 Å². The van der Waals surface area contributed by atoms with Gasteiger partial charge in [-0.3, -0.25) is 19.4 Å². The van der Waals surface area contributed by atoms with Crippen molar-refractivity contribution in [3.8, 4) is 0 Å². The Morgan fingerprint density at radius 2 is 2.00 bits per heavy atom. The maximum atomic E-state index is 15.7. The van der Waals surface area contributed by atoms with Crippen LogP contribution in [0.4, 0.5) is 10.1 Å². The number of fused-ring (bicyclic) bond motifs is 3. The largest absolute Gasteiger partial charge is 0.480 e. The molecule has 4 aliphatic rings. The Hall–Kier alpha value is -2.19. The third-order valence-electron chi connectivity index (χ3n) is 7.97. The molecule has 1 saturated carbocycles. The highest BCUT2D eigenvalue weighted by Crippen LogP contribution is 2.61. The van der Waals surface area contributed by atoms with E-state index in [0.29, 0.717) is 41.7 Å². The molecule has 1 spiro atoms. The summed E-state index contributed by atoms with van der Waals surface area (Å²) in [6.07, 6.45) is 2.89. The molecule has 178 valence electrons. The number of rotatable bonds is 5. The lowest BCUT2D eigenvalue weighted by Gasteiger charge is -2.41. The van der Waals surface area contributed by atoms with Crippen molar-refractivity contribution >= 4 is 40.8 Å². The molecule has 2 aromatic rings. The minimum absolute atomic E-state index is 0.0117. The Labute approximate surface area is 206 Å². The second-order valence-electron chi connectivity index (χ2n) is 9.84. The molecule has 0 bridgehead atoms. The number of anilines is 1. The van der Waals surface area contributed by atoms with Crippen LogP contribution in [-0.4, -0.2) is 58.5 Å². The summed E-state index contributed by atoms with van der Waals surface area (Å²) < 4.78 is 15.7. The fourth-order valence-electron chi connectivity index (χ4n) is 6.59. The molecule has 2 N–H and O–H groups in total. The minimum atomic E-state index is -1.18. The fraction of sp³-hybridized carbons (Fsp3) is 0.440. The Balaban J connectivity index is 1.62. The summed E-state index contributed by atoms with van der Waals surface area (Å²) in [7, 11) is 0. The van der Waals surface area contributed by atoms with Gasteiger partial charge in [0.1, 0.15) is 11.4 Å². The SMILES string of the molecule is O=C(O)CN1CC[C@H]2[C@@H]1[C@H](c1cccc(Cl)c1F)[C@]1(C(=O)Nc3cc(Cl)ccc31)N2CC1CC1. The van der Waals surface area contributed by atoms with E-state index in [9.17, 15) is 14.7 Å². The highest BCUT2D eigenvalue weighted by Gasteiger charge is 2.69. The predicted molar refractivity (Wildman–Crippen MR) is 127 cm³/mol. The first-order valence-corrected chi connectivity index (χ1v) is 12.4. The zero-order valence-corrected chi connectivity index (χ0v) is 19.8. The molecule has 3 aliphatic heterocycles. The van der Waals surface area contributed by atoms with Crippen molar-refractivity contribution in [1.82, 2.24) is 9.80 Å². The zero-order chi connectivity index (χ0) is 23.8. The van der Waals surface area contributed by atoms with Crippen LogP contribution in [0.5, 0.6) is 0 Å². The molecular weight excluding hydrogens is 480 g/mol. The van der Waals surface area contributed by atoms with E-state index in [1.165, 1.54) is 6.07 Å². The zero-order valence-electron chi connectivity index (χ0n) is 18.3. The molecule has 1 aliphatic carbocycles. The third kappa shape index (κ3) is 3.14. The predicted octanol–water partition coefficient (Wildman–Crippen LogP) is 4.32. The quantitative estimate of drug-likeness (QED) is 0.635. The number of nitrogens with zero attached hydrogens (tertiary/aromatic N) is 2. The van der Waals surface area contributed by atoms with Gasteiger partial charge in [-0.1, -0.05) is 41.4 Å². The van der Waals surface area contributed by atoms with Crippen molar-refractivity contribution in [2.75, 3.05) is 25.0 Å². The van der Waals surface area contributed by atoms with E-state index < -0.39 is 23.2 Å². The van der Waals surface area contributed by atoms with Gasteiger partial charge in [0.25, 0.3) is 0 Å². The average Bonchev–Trinajstić information content (AvgIpc) is 3.36. The third-order valence-corrected chi connectivity index (χ3v) is 8.49. The van der Waals surface area contributed by atoms with E-state index >= 15 is 4.39 Å². The molecule has 9 heteroatoms. The molecule has 2 saturated heterocycles. The molecule has 6 rings (SSSR count). The molecule has 3 fully saturated rings. The van der Waals surface area contributed by atoms with Crippen molar-refractivity contribution < 1.29 is 19.1 Å². The Morgan fingerprint density at radius 1 is 1.21 bits per heavy atom. The van der Waals surface area contributed by atoms with Crippen LogP contribution in [0.25, 0.3) is 0 Å². The molecule has 0 unspecified atom stereocenters. The number of hydrogen-bond donors (Lipinski definition) is 2. The first-order chi connectivity index (χ1) is 16.3. The van der Waals surface area contributed by atoms with Crippen LogP contribution >= 0.6 is 23.2 Å². The van der Waals surface area contributed by atoms with Gasteiger partial charge in [0.15, 0.2) is 0 Å². The number of carboxylic acids is 1. The van der Waals surface area contributed by atoms with Gasteiger partial charge < -0.3 is 10.4 Å². The Kier molecular flexibility index (Phi) is 5.19. The normalized spacial score (nSPS) is 30.6. The number of aliphatic carboxylic acids is 1. The van der Waals surface area contributed by atoms with Gasteiger partial charge in [-0.05, 0) is 48.9 Å². The topological polar surface area (TPSA) is 72.9 Å². The maximum Gasteiger partial charge on any atom is 0.317 e. The molecule has 0 radical (unpaired) electrons. The van der Waals surface area contributed by atoms with Gasteiger partial charge in [0.2, 0.25) is 5.91 Å². The number of likely N-dealkylation sites (tertiary alicyclic amines) is 2. The summed E-state index contributed by atoms with van der Waals surface area (Å²) in [5.74, 6) is -1.89. The van der Waals surface area contributed by atoms with Crippen molar-refractivity contribution in [3.05, 3.63) is 63.4 Å². The Bertz CT molecular complexity index is 1210. The van der Waals surface area contributed by atoms with Gasteiger partial charge in [0, 0.05) is 47.4 Å². The first kappa shape index (κ1) is 22.3. The van der Waals surface area contributed by atoms with E-state index in [2.05, 4.69) is 10.2 Å². The van der Waals surface area contributed by atoms with Crippen LogP contribution in [-0.2, 0) is 15.1 Å². The summed E-state index contributed by atoms with van der Waals surface area (Å²) >= 11 is 12.5. The number of amides is 1. The van der Waals surface area contributed by atoms with Crippen LogP contribution in [0.1, 0.15) is 36.3 Å². The molecule has 34 heavy (non-hydrogen) atoms. The van der Waals surface area contributed by atoms with Gasteiger partial charge in [-0.2, -0.15) is 0 Å². The highest BCUT2D eigenvalue weighted by molar-refractivity contribution is 6.31. The molecule has 6 nitrogen and oxygen atoms in total. The van der Waals surface area contributed by atoms with Gasteiger partial charge in [-0.25, -0.2) is 4.39 Å². The van der Waals surface area contributed by atoms with Crippen LogP contribution in [0.15, 0.2) is 36.4 Å². The van der Waals surface area contributed by atoms with Crippen molar-refractivity contribution in [1.29, 1.82) is 0 Å². The number of halogens is 3. The number of carbonyl (C=O) groups excluding carboxylic acids is 1. The van der Waals surface area contributed by atoms with Crippen molar-refractivity contribution in [2.45, 2.75) is 42.8 Å². The number of carbonyl (C=O) groups is 2. The smallest absolute Gasteiger partial charge is 0.317 e. The van der Waals surface area contributed by atoms with E-state index in [1.807, 2.05) is 11.0 Å². The maximum absolute atomic E-state index is 15.7. The second-order valence-corrected chi connectivity index (χ2v) is 10.7. The number of carboxylic acid groups (broad SMARTS) is 1. The van der Waals surface area contributed by atoms with E-state index in [0.717, 1.165) is 18.4 Å². The highest BCUT2D eigenvalue weighted by atomic mass is 35.5. The number of nitrogens with one attached hydrogen (secondary N) is 1. The first-order valence-electron chi connectivity index (χ1n) is 11.6. The van der Waals surface area contributed by atoms with Crippen LogP contribution in [0.2, 0.25) is 10.0 Å². The van der Waals surface area contributed by atoms with E-state index in [4.69, 9.17) is 23.2 Å². The van der Waals surface area contributed by atoms with Crippen LogP contribution in [0.3, 0.4) is 0 Å². The summed E-state index contributed by atoms with van der Waals surface area (Å²) in [4.78, 5) is 29.9. The molecular formula is C25H24Cl2FN3O3. The number of hydrogen-bond acceptors (Lipinski definition) is 4. The standard InChI is InChI=1S/C25H24Cl2FN3O3/c26-14-6-7-16-18(10-14)29-24(34)25(16)21(15-2-1-3-17(27)22(15)28)23-19(31(25)11-13-4-5-13)8-9-30(23)12-20(32)33/h1-3,6-7,10,13,19,21,23H,4-5,8-9,11-12H2,(H,29,34)(H,32,33)/t19-,21-,23+,25+/m0/s1. The lowest BCUT2D eigenvalue weighted by molar-refractivity contribution is -0.138. The Morgan fingerprint density at radius 3 is 2.74 bits per heavy atom. The molecule has 2 aromatic carbocycles. The summed E-state index contributed by atoms with van der Waals surface area (Å²) in [5, 5.41) is 13.1.